The van der Waals surface area contributed by atoms with Crippen molar-refractivity contribution in [3.63, 3.8) is 0 Å². The zero-order chi connectivity index (χ0) is 20.9. The van der Waals surface area contributed by atoms with Gasteiger partial charge in [-0.2, -0.15) is 0 Å². The van der Waals surface area contributed by atoms with Crippen LogP contribution in [0.5, 0.6) is 0 Å². The molecule has 0 atom stereocenters. The van der Waals surface area contributed by atoms with Gasteiger partial charge in [-0.1, -0.05) is 12.1 Å². The lowest BCUT2D eigenvalue weighted by molar-refractivity contribution is 0.251. The summed E-state index contributed by atoms with van der Waals surface area (Å²) >= 11 is 0. The molecule has 0 saturated carbocycles. The minimum Gasteiger partial charge on any atom is -0.334 e. The van der Waals surface area contributed by atoms with E-state index in [4.69, 9.17) is 0 Å². The number of rotatable bonds is 6. The number of anilines is 2. The molecule has 0 aliphatic heterocycles. The van der Waals surface area contributed by atoms with Crippen LogP contribution in [0.1, 0.15) is 11.1 Å². The van der Waals surface area contributed by atoms with Gasteiger partial charge in [0.1, 0.15) is 5.82 Å². The van der Waals surface area contributed by atoms with E-state index in [0.29, 0.717) is 12.2 Å². The average Bonchev–Trinajstić information content (AvgIpc) is 2.70. The lowest BCUT2D eigenvalue weighted by Crippen LogP contribution is -2.28. The van der Waals surface area contributed by atoms with Gasteiger partial charge in [-0.15, -0.1) is 0 Å². The summed E-state index contributed by atoms with van der Waals surface area (Å²) in [6, 6.07) is 12.9. The topological polar surface area (TPSA) is 100 Å². The second kappa shape index (κ2) is 8.70. The Hall–Kier alpha value is -3.46. The zero-order valence-electron chi connectivity index (χ0n) is 15.5. The number of aryl methyl sites for hydroxylation is 1. The van der Waals surface area contributed by atoms with Crippen molar-refractivity contribution in [2.45, 2.75) is 18.4 Å². The van der Waals surface area contributed by atoms with Crippen LogP contribution in [-0.2, 0) is 16.6 Å². The molecule has 29 heavy (non-hydrogen) atoms. The summed E-state index contributed by atoms with van der Waals surface area (Å²) in [5, 5.41) is 5.29. The first kappa shape index (κ1) is 20.3. The van der Waals surface area contributed by atoms with Crippen molar-refractivity contribution in [2.24, 2.45) is 0 Å². The number of pyridine rings is 1. The van der Waals surface area contributed by atoms with Gasteiger partial charge in [0, 0.05) is 24.6 Å². The molecule has 1 heterocycles. The zero-order valence-corrected chi connectivity index (χ0v) is 16.3. The Morgan fingerprint density at radius 3 is 2.55 bits per heavy atom. The maximum Gasteiger partial charge on any atom is 0.319 e. The van der Waals surface area contributed by atoms with Crippen LogP contribution in [0.25, 0.3) is 0 Å². The second-order valence-corrected chi connectivity index (χ2v) is 7.96. The fraction of sp³-hybridized carbons (Fsp3) is 0.100. The summed E-state index contributed by atoms with van der Waals surface area (Å²) < 4.78 is 41.0. The molecule has 2 amide bonds. The predicted molar refractivity (Wildman–Crippen MR) is 108 cm³/mol. The highest BCUT2D eigenvalue weighted by Gasteiger charge is 2.16. The van der Waals surface area contributed by atoms with Crippen molar-refractivity contribution in [1.82, 2.24) is 10.3 Å². The summed E-state index contributed by atoms with van der Waals surface area (Å²) in [4.78, 5) is 15.9. The Morgan fingerprint density at radius 1 is 1.10 bits per heavy atom. The molecule has 0 bridgehead atoms. The number of nitrogens with zero attached hydrogens (tertiary/aromatic N) is 1. The quantitative estimate of drug-likeness (QED) is 0.573. The van der Waals surface area contributed by atoms with E-state index in [0.717, 1.165) is 11.1 Å². The highest BCUT2D eigenvalue weighted by molar-refractivity contribution is 7.92. The third kappa shape index (κ3) is 5.52. The lowest BCUT2D eigenvalue weighted by Gasteiger charge is -2.11. The number of halogens is 1. The average molecular weight is 414 g/mol. The SMILES string of the molecule is Cc1ccc(F)c(NS(=O)(=O)c2ccc(NC(=O)NCc3cccnc3)cc2)c1. The number of amides is 2. The first-order valence-corrected chi connectivity index (χ1v) is 10.1. The minimum absolute atomic E-state index is 0.0558. The molecule has 3 aromatic rings. The van der Waals surface area contributed by atoms with Gasteiger partial charge >= 0.3 is 6.03 Å². The Labute approximate surface area is 168 Å². The van der Waals surface area contributed by atoms with Crippen LogP contribution in [0.15, 0.2) is 71.9 Å². The molecule has 0 fully saturated rings. The highest BCUT2D eigenvalue weighted by atomic mass is 32.2. The van der Waals surface area contributed by atoms with Gasteiger partial charge < -0.3 is 10.6 Å². The van der Waals surface area contributed by atoms with E-state index in [1.54, 1.807) is 31.5 Å². The number of urea groups is 1. The summed E-state index contributed by atoms with van der Waals surface area (Å²) in [6.07, 6.45) is 3.28. The molecule has 9 heteroatoms. The Morgan fingerprint density at radius 2 is 1.86 bits per heavy atom. The van der Waals surface area contributed by atoms with E-state index in [2.05, 4.69) is 20.3 Å². The third-order valence-electron chi connectivity index (χ3n) is 3.96. The van der Waals surface area contributed by atoms with Gasteiger partial charge in [-0.25, -0.2) is 17.6 Å². The predicted octanol–water partition coefficient (Wildman–Crippen LogP) is 3.65. The monoisotopic (exact) mass is 414 g/mol. The molecule has 0 radical (unpaired) electrons. The van der Waals surface area contributed by atoms with Crippen molar-refractivity contribution in [2.75, 3.05) is 10.0 Å². The number of hydrogen-bond acceptors (Lipinski definition) is 4. The van der Waals surface area contributed by atoms with Crippen molar-refractivity contribution in [3.05, 3.63) is 83.9 Å². The standard InChI is InChI=1S/C20H19FN4O3S/c1-14-4-9-18(21)19(11-14)25-29(27,28)17-7-5-16(6-8-17)24-20(26)23-13-15-3-2-10-22-12-15/h2-12,25H,13H2,1H3,(H2,23,24,26). The molecule has 1 aromatic heterocycles. The molecule has 0 saturated heterocycles. The van der Waals surface area contributed by atoms with Crippen molar-refractivity contribution in [1.29, 1.82) is 0 Å². The number of sulfonamides is 1. The van der Waals surface area contributed by atoms with Gasteiger partial charge in [0.05, 0.1) is 10.6 Å². The minimum atomic E-state index is -3.97. The fourth-order valence-electron chi connectivity index (χ4n) is 2.50. The van der Waals surface area contributed by atoms with Crippen LogP contribution >= 0.6 is 0 Å². The van der Waals surface area contributed by atoms with Crippen LogP contribution < -0.4 is 15.4 Å². The van der Waals surface area contributed by atoms with Crippen molar-refractivity contribution >= 4 is 27.4 Å². The summed E-state index contributed by atoms with van der Waals surface area (Å²) in [6.45, 7) is 2.04. The van der Waals surface area contributed by atoms with Crippen LogP contribution in [0.2, 0.25) is 0 Å². The first-order chi connectivity index (χ1) is 13.8. The normalized spacial score (nSPS) is 11.0. The molecule has 150 valence electrons. The maximum absolute atomic E-state index is 13.8. The Bertz CT molecular complexity index is 1100. The number of nitrogens with one attached hydrogen (secondary N) is 3. The number of carbonyl (C=O) groups is 1. The summed E-state index contributed by atoms with van der Waals surface area (Å²) in [5.41, 5.74) is 1.86. The van der Waals surface area contributed by atoms with Gasteiger partial charge in [-0.3, -0.25) is 9.71 Å². The Balaban J connectivity index is 1.63. The molecule has 3 rings (SSSR count). The molecule has 3 N–H and O–H groups in total. The van der Waals surface area contributed by atoms with Gasteiger partial charge in [0.15, 0.2) is 0 Å². The lowest BCUT2D eigenvalue weighted by atomic mass is 10.2. The van der Waals surface area contributed by atoms with E-state index < -0.39 is 21.9 Å². The Kier molecular flexibility index (Phi) is 6.08. The second-order valence-electron chi connectivity index (χ2n) is 6.28. The molecule has 0 aliphatic rings. The van der Waals surface area contributed by atoms with Crippen LogP contribution in [0, 0.1) is 12.7 Å². The van der Waals surface area contributed by atoms with Crippen LogP contribution in [0.4, 0.5) is 20.6 Å². The molecular weight excluding hydrogens is 395 g/mol. The molecule has 0 spiro atoms. The number of hydrogen-bond donors (Lipinski definition) is 3. The molecule has 2 aromatic carbocycles. The number of benzene rings is 2. The largest absolute Gasteiger partial charge is 0.334 e. The van der Waals surface area contributed by atoms with E-state index >= 15 is 0 Å². The van der Waals surface area contributed by atoms with E-state index in [-0.39, 0.29) is 10.6 Å². The summed E-state index contributed by atoms with van der Waals surface area (Å²) in [7, 11) is -3.97. The smallest absolute Gasteiger partial charge is 0.319 e. The van der Waals surface area contributed by atoms with Crippen LogP contribution in [-0.4, -0.2) is 19.4 Å². The molecule has 7 nitrogen and oxygen atoms in total. The highest BCUT2D eigenvalue weighted by Crippen LogP contribution is 2.21. The molecular formula is C20H19FN4O3S. The molecule has 0 unspecified atom stereocenters. The van der Waals surface area contributed by atoms with Gasteiger partial charge in [0.25, 0.3) is 10.0 Å². The first-order valence-electron chi connectivity index (χ1n) is 8.66. The third-order valence-corrected chi connectivity index (χ3v) is 5.35. The number of aromatic nitrogens is 1. The fourth-order valence-corrected chi connectivity index (χ4v) is 3.56. The summed E-state index contributed by atoms with van der Waals surface area (Å²) in [5.74, 6) is -0.664. The van der Waals surface area contributed by atoms with Crippen LogP contribution in [0.3, 0.4) is 0 Å². The van der Waals surface area contributed by atoms with Crippen molar-refractivity contribution in [3.8, 4) is 0 Å². The van der Waals surface area contributed by atoms with E-state index in [1.165, 1.54) is 36.4 Å². The number of carbonyl (C=O) groups excluding carboxylic acids is 1. The maximum atomic E-state index is 13.8. The van der Waals surface area contributed by atoms with Gasteiger partial charge in [0.2, 0.25) is 0 Å². The van der Waals surface area contributed by atoms with E-state index in [1.807, 2.05) is 6.07 Å². The van der Waals surface area contributed by atoms with Gasteiger partial charge in [-0.05, 0) is 60.5 Å². The molecule has 0 aliphatic carbocycles. The van der Waals surface area contributed by atoms with E-state index in [9.17, 15) is 17.6 Å². The van der Waals surface area contributed by atoms with Crippen molar-refractivity contribution < 1.29 is 17.6 Å².